The van der Waals surface area contributed by atoms with E-state index in [2.05, 4.69) is 10.4 Å². The van der Waals surface area contributed by atoms with Crippen LogP contribution in [-0.2, 0) is 11.3 Å². The van der Waals surface area contributed by atoms with Gasteiger partial charge in [-0.15, -0.1) is 0 Å². The van der Waals surface area contributed by atoms with Gasteiger partial charge < -0.3 is 15.0 Å². The molecule has 0 saturated carbocycles. The van der Waals surface area contributed by atoms with E-state index in [1.165, 1.54) is 0 Å². The number of nitrogens with zero attached hydrogens (tertiary/aromatic N) is 3. The van der Waals surface area contributed by atoms with Gasteiger partial charge in [0.1, 0.15) is 0 Å². The lowest BCUT2D eigenvalue weighted by Gasteiger charge is -2.24. The number of carbonyl (C=O) groups excluding carboxylic acids is 1. The van der Waals surface area contributed by atoms with Gasteiger partial charge in [0, 0.05) is 37.5 Å². The number of hydrogen-bond acceptors (Lipinski definition) is 3. The Morgan fingerprint density at radius 2 is 2.12 bits per heavy atom. The number of halogens is 1. The van der Waals surface area contributed by atoms with Crippen LogP contribution in [0.3, 0.4) is 0 Å². The molecule has 26 heavy (non-hydrogen) atoms. The highest BCUT2D eigenvalue weighted by Crippen LogP contribution is 2.17. The molecule has 0 saturated heterocycles. The first-order valence-electron chi connectivity index (χ1n) is 8.70. The lowest BCUT2D eigenvalue weighted by molar-refractivity contribution is 0.146. The number of carbonyl (C=O) groups is 1. The van der Waals surface area contributed by atoms with Crippen molar-refractivity contribution in [3.8, 4) is 0 Å². The molecule has 1 heterocycles. The van der Waals surface area contributed by atoms with Crippen molar-refractivity contribution >= 4 is 17.6 Å². The van der Waals surface area contributed by atoms with E-state index in [1.54, 1.807) is 12.0 Å². The maximum atomic E-state index is 12.7. The average Bonchev–Trinajstić information content (AvgIpc) is 2.96. The number of amides is 2. The predicted molar refractivity (Wildman–Crippen MR) is 104 cm³/mol. The average molecular weight is 379 g/mol. The standard InChI is InChI=1S/C19H27ClN4O2/c1-14-11-15(2)24(22-14)16(3)12-21-19(25)23(9-10-26-4)13-17-7-5-6-8-18(17)20/h5-8,11,16H,9-10,12-13H2,1-4H3,(H,21,25). The van der Waals surface area contributed by atoms with Gasteiger partial charge in [-0.2, -0.15) is 5.10 Å². The minimum atomic E-state index is -0.143. The van der Waals surface area contributed by atoms with Gasteiger partial charge in [-0.25, -0.2) is 4.79 Å². The van der Waals surface area contributed by atoms with E-state index in [1.807, 2.05) is 55.8 Å². The SMILES string of the molecule is COCCN(Cc1ccccc1Cl)C(=O)NCC(C)n1nc(C)cc1C. The second-order valence-corrected chi connectivity index (χ2v) is 6.82. The molecule has 0 aliphatic carbocycles. The number of ether oxygens (including phenoxy) is 1. The number of aromatic nitrogens is 2. The molecule has 2 rings (SSSR count). The predicted octanol–water partition coefficient (Wildman–Crippen LogP) is 3.57. The number of benzene rings is 1. The summed E-state index contributed by atoms with van der Waals surface area (Å²) in [5, 5.41) is 8.12. The van der Waals surface area contributed by atoms with Gasteiger partial charge in [0.15, 0.2) is 0 Å². The number of urea groups is 1. The molecule has 6 nitrogen and oxygen atoms in total. The van der Waals surface area contributed by atoms with Crippen molar-refractivity contribution in [2.45, 2.75) is 33.4 Å². The lowest BCUT2D eigenvalue weighted by Crippen LogP contribution is -2.43. The molecule has 0 radical (unpaired) electrons. The smallest absolute Gasteiger partial charge is 0.317 e. The third-order valence-electron chi connectivity index (χ3n) is 4.18. The third kappa shape index (κ3) is 5.47. The Morgan fingerprint density at radius 1 is 1.38 bits per heavy atom. The fourth-order valence-electron chi connectivity index (χ4n) is 2.81. The highest BCUT2D eigenvalue weighted by atomic mass is 35.5. The minimum Gasteiger partial charge on any atom is -0.383 e. The number of aryl methyl sites for hydroxylation is 2. The Balaban J connectivity index is 1.99. The van der Waals surface area contributed by atoms with Crippen LogP contribution in [0.1, 0.15) is 29.9 Å². The van der Waals surface area contributed by atoms with E-state index in [9.17, 15) is 4.79 Å². The molecule has 1 aromatic carbocycles. The van der Waals surface area contributed by atoms with E-state index in [0.29, 0.717) is 31.3 Å². The van der Waals surface area contributed by atoms with Crippen LogP contribution in [0.25, 0.3) is 0 Å². The van der Waals surface area contributed by atoms with Crippen molar-refractivity contribution in [3.63, 3.8) is 0 Å². The van der Waals surface area contributed by atoms with Crippen LogP contribution in [0.5, 0.6) is 0 Å². The van der Waals surface area contributed by atoms with Crippen LogP contribution >= 0.6 is 11.6 Å². The van der Waals surface area contributed by atoms with Gasteiger partial charge in [0.05, 0.1) is 18.3 Å². The molecule has 142 valence electrons. The van der Waals surface area contributed by atoms with Crippen molar-refractivity contribution in [2.24, 2.45) is 0 Å². The van der Waals surface area contributed by atoms with Crippen molar-refractivity contribution in [3.05, 3.63) is 52.3 Å². The Bertz CT molecular complexity index is 732. The summed E-state index contributed by atoms with van der Waals surface area (Å²) in [7, 11) is 1.62. The first-order valence-corrected chi connectivity index (χ1v) is 9.08. The fraction of sp³-hybridized carbons (Fsp3) is 0.474. The monoisotopic (exact) mass is 378 g/mol. The second-order valence-electron chi connectivity index (χ2n) is 6.41. The van der Waals surface area contributed by atoms with Gasteiger partial charge in [-0.3, -0.25) is 4.68 Å². The fourth-order valence-corrected chi connectivity index (χ4v) is 3.01. The summed E-state index contributed by atoms with van der Waals surface area (Å²) in [6, 6.07) is 9.50. The Labute approximate surface area is 160 Å². The zero-order valence-electron chi connectivity index (χ0n) is 15.8. The molecule has 0 aliphatic rings. The molecule has 1 N–H and O–H groups in total. The molecular weight excluding hydrogens is 352 g/mol. The second kappa shape index (κ2) is 9.59. The van der Waals surface area contributed by atoms with Crippen LogP contribution in [0, 0.1) is 13.8 Å². The Kier molecular flexibility index (Phi) is 7.48. The summed E-state index contributed by atoms with van der Waals surface area (Å²) in [6.45, 7) is 7.89. The zero-order chi connectivity index (χ0) is 19.1. The molecule has 1 aromatic heterocycles. The van der Waals surface area contributed by atoms with E-state index >= 15 is 0 Å². The molecule has 1 unspecified atom stereocenters. The molecule has 0 spiro atoms. The van der Waals surface area contributed by atoms with Gasteiger partial charge in [0.25, 0.3) is 0 Å². The molecule has 0 bridgehead atoms. The summed E-state index contributed by atoms with van der Waals surface area (Å²) < 4.78 is 7.07. The Morgan fingerprint density at radius 3 is 2.73 bits per heavy atom. The maximum absolute atomic E-state index is 12.7. The van der Waals surface area contributed by atoms with Gasteiger partial charge in [-0.1, -0.05) is 29.8 Å². The highest BCUT2D eigenvalue weighted by Gasteiger charge is 2.17. The quantitative estimate of drug-likeness (QED) is 0.763. The molecule has 1 atom stereocenters. The van der Waals surface area contributed by atoms with Crippen LogP contribution in [0.15, 0.2) is 30.3 Å². The van der Waals surface area contributed by atoms with Crippen molar-refractivity contribution in [2.75, 3.05) is 26.8 Å². The topological polar surface area (TPSA) is 59.4 Å². The molecule has 0 fully saturated rings. The first kappa shape index (κ1) is 20.3. The number of methoxy groups -OCH3 is 1. The normalized spacial score (nSPS) is 12.0. The van der Waals surface area contributed by atoms with Crippen molar-refractivity contribution in [1.82, 2.24) is 20.0 Å². The summed E-state index contributed by atoms with van der Waals surface area (Å²) in [5.74, 6) is 0. The highest BCUT2D eigenvalue weighted by molar-refractivity contribution is 6.31. The number of hydrogen-bond donors (Lipinski definition) is 1. The zero-order valence-corrected chi connectivity index (χ0v) is 16.6. The molecule has 2 aromatic rings. The van der Waals surface area contributed by atoms with E-state index in [0.717, 1.165) is 17.0 Å². The van der Waals surface area contributed by atoms with E-state index in [-0.39, 0.29) is 12.1 Å². The Hall–Kier alpha value is -2.05. The summed E-state index contributed by atoms with van der Waals surface area (Å²) in [6.07, 6.45) is 0. The van der Waals surface area contributed by atoms with E-state index < -0.39 is 0 Å². The molecule has 2 amide bonds. The van der Waals surface area contributed by atoms with E-state index in [4.69, 9.17) is 16.3 Å². The molecule has 7 heteroatoms. The van der Waals surface area contributed by atoms with Crippen LogP contribution in [0.2, 0.25) is 5.02 Å². The third-order valence-corrected chi connectivity index (χ3v) is 4.55. The number of rotatable bonds is 8. The first-order chi connectivity index (χ1) is 12.4. The molecule has 0 aliphatic heterocycles. The summed E-state index contributed by atoms with van der Waals surface area (Å²) in [5.41, 5.74) is 2.96. The van der Waals surface area contributed by atoms with Crippen molar-refractivity contribution in [1.29, 1.82) is 0 Å². The molecular formula is C19H27ClN4O2. The van der Waals surface area contributed by atoms with Crippen LogP contribution in [-0.4, -0.2) is 47.5 Å². The lowest BCUT2D eigenvalue weighted by atomic mass is 10.2. The largest absolute Gasteiger partial charge is 0.383 e. The van der Waals surface area contributed by atoms with Gasteiger partial charge in [-0.05, 0) is 38.5 Å². The maximum Gasteiger partial charge on any atom is 0.317 e. The van der Waals surface area contributed by atoms with Crippen LogP contribution in [0.4, 0.5) is 4.79 Å². The minimum absolute atomic E-state index is 0.0669. The summed E-state index contributed by atoms with van der Waals surface area (Å²) in [4.78, 5) is 14.4. The van der Waals surface area contributed by atoms with Gasteiger partial charge in [0.2, 0.25) is 0 Å². The van der Waals surface area contributed by atoms with Gasteiger partial charge >= 0.3 is 6.03 Å². The summed E-state index contributed by atoms with van der Waals surface area (Å²) >= 11 is 6.23. The van der Waals surface area contributed by atoms with Crippen molar-refractivity contribution < 1.29 is 9.53 Å². The van der Waals surface area contributed by atoms with Crippen LogP contribution < -0.4 is 5.32 Å². The number of nitrogens with one attached hydrogen (secondary N) is 1.